The summed E-state index contributed by atoms with van der Waals surface area (Å²) in [7, 11) is -1.43. The van der Waals surface area contributed by atoms with E-state index in [9.17, 15) is 8.42 Å². The van der Waals surface area contributed by atoms with Gasteiger partial charge in [-0.3, -0.25) is 0 Å². The Labute approximate surface area is 131 Å². The summed E-state index contributed by atoms with van der Waals surface area (Å²) in [5.41, 5.74) is 0. The molecule has 1 N–H and O–H groups in total. The summed E-state index contributed by atoms with van der Waals surface area (Å²) in [5.74, 6) is 0.581. The lowest BCUT2D eigenvalue weighted by Gasteiger charge is -2.28. The van der Waals surface area contributed by atoms with Gasteiger partial charge in [0.05, 0.1) is 4.90 Å². The minimum atomic E-state index is -3.31. The number of nitrogens with one attached hydrogen (secondary N) is 1. The van der Waals surface area contributed by atoms with Crippen molar-refractivity contribution in [2.75, 3.05) is 13.6 Å². The summed E-state index contributed by atoms with van der Waals surface area (Å²) in [6.07, 6.45) is 6.97. The van der Waals surface area contributed by atoms with Gasteiger partial charge in [0, 0.05) is 29.4 Å². The van der Waals surface area contributed by atoms with E-state index in [1.165, 1.54) is 37.0 Å². The SMILES string of the molecule is CNCc1cc(S(=O)(=O)N2CCCC2C2CCCC2)cs1. The molecule has 1 saturated heterocycles. The zero-order valence-electron chi connectivity index (χ0n) is 12.5. The first kappa shape index (κ1) is 15.5. The number of nitrogens with zero attached hydrogens (tertiary/aromatic N) is 1. The van der Waals surface area contributed by atoms with E-state index in [0.717, 1.165) is 24.3 Å². The topological polar surface area (TPSA) is 49.4 Å². The molecule has 118 valence electrons. The molecule has 0 amide bonds. The predicted molar refractivity (Wildman–Crippen MR) is 86.0 cm³/mol. The van der Waals surface area contributed by atoms with Gasteiger partial charge in [-0.15, -0.1) is 11.3 Å². The van der Waals surface area contributed by atoms with Crippen LogP contribution in [-0.4, -0.2) is 32.4 Å². The average molecular weight is 329 g/mol. The first-order valence-electron chi connectivity index (χ1n) is 7.87. The molecule has 6 heteroatoms. The largest absolute Gasteiger partial charge is 0.315 e. The van der Waals surface area contributed by atoms with Crippen LogP contribution in [0.3, 0.4) is 0 Å². The molecule has 0 bridgehead atoms. The monoisotopic (exact) mass is 328 g/mol. The van der Waals surface area contributed by atoms with Gasteiger partial charge in [0.15, 0.2) is 0 Å². The van der Waals surface area contributed by atoms with Crippen LogP contribution in [0.25, 0.3) is 0 Å². The number of hydrogen-bond donors (Lipinski definition) is 1. The van der Waals surface area contributed by atoms with Crippen LogP contribution < -0.4 is 5.32 Å². The van der Waals surface area contributed by atoms with Gasteiger partial charge in [-0.25, -0.2) is 8.42 Å². The summed E-state index contributed by atoms with van der Waals surface area (Å²) < 4.78 is 27.7. The van der Waals surface area contributed by atoms with Gasteiger partial charge in [-0.05, 0) is 44.7 Å². The smallest absolute Gasteiger partial charge is 0.244 e. The highest BCUT2D eigenvalue weighted by Crippen LogP contribution is 2.38. The molecule has 1 aromatic heterocycles. The summed E-state index contributed by atoms with van der Waals surface area (Å²) in [5, 5.41) is 4.87. The summed E-state index contributed by atoms with van der Waals surface area (Å²) >= 11 is 1.52. The van der Waals surface area contributed by atoms with Crippen molar-refractivity contribution in [1.29, 1.82) is 0 Å². The van der Waals surface area contributed by atoms with E-state index < -0.39 is 10.0 Å². The van der Waals surface area contributed by atoms with Gasteiger partial charge < -0.3 is 5.32 Å². The van der Waals surface area contributed by atoms with Crippen molar-refractivity contribution in [1.82, 2.24) is 9.62 Å². The van der Waals surface area contributed by atoms with E-state index in [-0.39, 0.29) is 6.04 Å². The number of thiophene rings is 1. The van der Waals surface area contributed by atoms with Crippen LogP contribution in [0, 0.1) is 5.92 Å². The Kier molecular flexibility index (Phi) is 4.69. The third-order valence-corrected chi connectivity index (χ3v) is 7.77. The van der Waals surface area contributed by atoms with Crippen LogP contribution in [0.15, 0.2) is 16.3 Å². The number of rotatable bonds is 5. The molecule has 1 aromatic rings. The van der Waals surface area contributed by atoms with E-state index in [4.69, 9.17) is 0 Å². The Morgan fingerprint density at radius 3 is 2.76 bits per heavy atom. The molecule has 2 heterocycles. The van der Waals surface area contributed by atoms with Crippen molar-refractivity contribution < 1.29 is 8.42 Å². The molecular weight excluding hydrogens is 304 g/mol. The van der Waals surface area contributed by atoms with Crippen molar-refractivity contribution in [3.8, 4) is 0 Å². The molecule has 2 aliphatic rings. The number of hydrogen-bond acceptors (Lipinski definition) is 4. The Hall–Kier alpha value is -0.430. The Balaban J connectivity index is 1.82. The standard InChI is InChI=1S/C15H24N2O2S2/c1-16-10-13-9-14(11-20-13)21(18,19)17-8-4-7-15(17)12-5-2-3-6-12/h9,11-12,15-16H,2-8,10H2,1H3. The molecule has 3 rings (SSSR count). The second kappa shape index (κ2) is 6.36. The molecule has 4 nitrogen and oxygen atoms in total. The average Bonchev–Trinajstić information content (AvgIpc) is 3.20. The molecule has 0 aromatic carbocycles. The van der Waals surface area contributed by atoms with E-state index >= 15 is 0 Å². The van der Waals surface area contributed by atoms with Crippen LogP contribution in [0.2, 0.25) is 0 Å². The molecule has 1 aliphatic carbocycles. The zero-order valence-corrected chi connectivity index (χ0v) is 14.2. The highest BCUT2D eigenvalue weighted by molar-refractivity contribution is 7.89. The summed E-state index contributed by atoms with van der Waals surface area (Å²) in [6.45, 7) is 1.42. The highest BCUT2D eigenvalue weighted by atomic mass is 32.2. The zero-order chi connectivity index (χ0) is 14.9. The highest BCUT2D eigenvalue weighted by Gasteiger charge is 2.40. The lowest BCUT2D eigenvalue weighted by Crippen LogP contribution is -2.39. The Morgan fingerprint density at radius 2 is 2.05 bits per heavy atom. The molecule has 2 fully saturated rings. The molecule has 0 spiro atoms. The maximum Gasteiger partial charge on any atom is 0.244 e. The van der Waals surface area contributed by atoms with Crippen LogP contribution in [0.4, 0.5) is 0 Å². The summed E-state index contributed by atoms with van der Waals surface area (Å²) in [6, 6.07) is 2.07. The van der Waals surface area contributed by atoms with Gasteiger partial charge in [0.25, 0.3) is 0 Å². The van der Waals surface area contributed by atoms with E-state index in [0.29, 0.717) is 17.4 Å². The van der Waals surface area contributed by atoms with E-state index in [1.807, 2.05) is 13.1 Å². The fourth-order valence-corrected chi connectivity index (χ4v) is 6.80. The summed E-state index contributed by atoms with van der Waals surface area (Å²) in [4.78, 5) is 1.57. The predicted octanol–water partition coefficient (Wildman–Crippen LogP) is 2.81. The maximum absolute atomic E-state index is 12.9. The van der Waals surface area contributed by atoms with Crippen molar-refractivity contribution in [3.05, 3.63) is 16.3 Å². The van der Waals surface area contributed by atoms with E-state index in [2.05, 4.69) is 5.32 Å². The lowest BCUT2D eigenvalue weighted by molar-refractivity contribution is 0.288. The fraction of sp³-hybridized carbons (Fsp3) is 0.733. The molecule has 0 radical (unpaired) electrons. The molecule has 1 aliphatic heterocycles. The van der Waals surface area contributed by atoms with Gasteiger partial charge in [0.2, 0.25) is 10.0 Å². The van der Waals surface area contributed by atoms with Crippen molar-refractivity contribution >= 4 is 21.4 Å². The third kappa shape index (κ3) is 3.04. The van der Waals surface area contributed by atoms with Crippen molar-refractivity contribution in [3.63, 3.8) is 0 Å². The molecule has 21 heavy (non-hydrogen) atoms. The maximum atomic E-state index is 12.9. The van der Waals surface area contributed by atoms with Crippen LogP contribution in [0.5, 0.6) is 0 Å². The molecular formula is C15H24N2O2S2. The Bertz CT molecular complexity index is 576. The van der Waals surface area contributed by atoms with Gasteiger partial charge in [-0.1, -0.05) is 12.8 Å². The molecule has 1 saturated carbocycles. The van der Waals surface area contributed by atoms with Crippen LogP contribution >= 0.6 is 11.3 Å². The second-order valence-electron chi connectivity index (χ2n) is 6.15. The first-order valence-corrected chi connectivity index (χ1v) is 10.2. The van der Waals surface area contributed by atoms with Crippen molar-refractivity contribution in [2.24, 2.45) is 5.92 Å². The van der Waals surface area contributed by atoms with E-state index in [1.54, 1.807) is 9.69 Å². The number of sulfonamides is 1. The van der Waals surface area contributed by atoms with Crippen LogP contribution in [0.1, 0.15) is 43.4 Å². The first-order chi connectivity index (χ1) is 10.1. The second-order valence-corrected chi connectivity index (χ2v) is 9.04. The fourth-order valence-electron chi connectivity index (χ4n) is 3.78. The third-order valence-electron chi connectivity index (χ3n) is 4.78. The minimum absolute atomic E-state index is 0.241. The van der Waals surface area contributed by atoms with Gasteiger partial charge in [0.1, 0.15) is 0 Å². The molecule has 1 atom stereocenters. The van der Waals surface area contributed by atoms with Gasteiger partial charge >= 0.3 is 0 Å². The van der Waals surface area contributed by atoms with Gasteiger partial charge in [-0.2, -0.15) is 4.31 Å². The normalized spacial score (nSPS) is 24.9. The quantitative estimate of drug-likeness (QED) is 0.904. The lowest BCUT2D eigenvalue weighted by atomic mass is 9.97. The Morgan fingerprint density at radius 1 is 1.29 bits per heavy atom. The molecule has 1 unspecified atom stereocenters. The van der Waals surface area contributed by atoms with Crippen molar-refractivity contribution in [2.45, 2.75) is 56.0 Å². The minimum Gasteiger partial charge on any atom is -0.315 e. The van der Waals surface area contributed by atoms with Crippen LogP contribution in [-0.2, 0) is 16.6 Å².